The van der Waals surface area contributed by atoms with Crippen LogP contribution in [0.2, 0.25) is 5.02 Å². The molecule has 2 aromatic rings. The van der Waals surface area contributed by atoms with Gasteiger partial charge in [-0.1, -0.05) is 30.7 Å². The van der Waals surface area contributed by atoms with E-state index >= 15 is 0 Å². The highest BCUT2D eigenvalue weighted by molar-refractivity contribution is 6.46. The van der Waals surface area contributed by atoms with Crippen molar-refractivity contribution in [2.45, 2.75) is 19.4 Å². The van der Waals surface area contributed by atoms with Crippen molar-refractivity contribution in [3.63, 3.8) is 0 Å². The first-order valence-corrected chi connectivity index (χ1v) is 10.1. The number of rotatable bonds is 7. The monoisotopic (exact) mass is 445 g/mol. The summed E-state index contributed by atoms with van der Waals surface area (Å²) in [5.74, 6) is -0.594. The van der Waals surface area contributed by atoms with Gasteiger partial charge in [0.1, 0.15) is 23.0 Å². The van der Waals surface area contributed by atoms with Gasteiger partial charge in [0.2, 0.25) is 0 Å². The van der Waals surface area contributed by atoms with E-state index in [1.807, 2.05) is 6.92 Å². The number of Topliss-reactive ketones (excluding diaryl/α,β-unsaturated/α-hetero) is 1. The normalized spacial score (nSPS) is 17.7. The smallest absolute Gasteiger partial charge is 0.295 e. The van der Waals surface area contributed by atoms with E-state index in [1.54, 1.807) is 31.4 Å². The molecule has 1 atom stereocenters. The topological polar surface area (TPSA) is 85.3 Å². The van der Waals surface area contributed by atoms with E-state index in [4.69, 9.17) is 25.8 Å². The van der Waals surface area contributed by atoms with Crippen LogP contribution in [0.1, 0.15) is 30.5 Å². The van der Waals surface area contributed by atoms with Crippen molar-refractivity contribution in [2.75, 3.05) is 27.9 Å². The van der Waals surface area contributed by atoms with Crippen LogP contribution in [0.15, 0.2) is 42.0 Å². The predicted molar refractivity (Wildman–Crippen MR) is 117 cm³/mol. The van der Waals surface area contributed by atoms with E-state index in [0.717, 1.165) is 0 Å². The van der Waals surface area contributed by atoms with Gasteiger partial charge in [-0.3, -0.25) is 9.59 Å². The van der Waals surface area contributed by atoms with Crippen LogP contribution in [0.25, 0.3) is 5.76 Å². The van der Waals surface area contributed by atoms with E-state index < -0.39 is 17.7 Å². The zero-order valence-electron chi connectivity index (χ0n) is 17.8. The molecule has 8 heteroatoms. The Hall–Kier alpha value is -3.19. The summed E-state index contributed by atoms with van der Waals surface area (Å²) in [6.07, 6.45) is 0.651. The van der Waals surface area contributed by atoms with Crippen LogP contribution in [-0.2, 0) is 9.59 Å². The minimum Gasteiger partial charge on any atom is -0.507 e. The van der Waals surface area contributed by atoms with Crippen LogP contribution >= 0.6 is 11.6 Å². The zero-order valence-corrected chi connectivity index (χ0v) is 18.5. The van der Waals surface area contributed by atoms with Crippen molar-refractivity contribution in [1.29, 1.82) is 0 Å². The lowest BCUT2D eigenvalue weighted by Crippen LogP contribution is -2.30. The van der Waals surface area contributed by atoms with Crippen molar-refractivity contribution in [1.82, 2.24) is 4.90 Å². The molecule has 1 saturated heterocycles. The molecule has 1 unspecified atom stereocenters. The molecule has 164 valence electrons. The molecule has 0 radical (unpaired) electrons. The van der Waals surface area contributed by atoms with E-state index in [9.17, 15) is 14.7 Å². The molecule has 1 aliphatic heterocycles. The fourth-order valence-electron chi connectivity index (χ4n) is 3.67. The number of nitrogens with zero attached hydrogens (tertiary/aromatic N) is 1. The van der Waals surface area contributed by atoms with Crippen LogP contribution in [0.4, 0.5) is 0 Å². The van der Waals surface area contributed by atoms with Gasteiger partial charge < -0.3 is 24.2 Å². The molecule has 1 heterocycles. The van der Waals surface area contributed by atoms with Crippen molar-refractivity contribution < 1.29 is 28.9 Å². The summed E-state index contributed by atoms with van der Waals surface area (Å²) in [5.41, 5.74) is 0.859. The van der Waals surface area contributed by atoms with Gasteiger partial charge in [-0.2, -0.15) is 0 Å². The van der Waals surface area contributed by atoms with E-state index in [-0.39, 0.29) is 27.7 Å². The molecule has 0 aliphatic carbocycles. The molecule has 2 aromatic carbocycles. The van der Waals surface area contributed by atoms with Gasteiger partial charge in [0.25, 0.3) is 11.7 Å². The maximum Gasteiger partial charge on any atom is 0.295 e. The summed E-state index contributed by atoms with van der Waals surface area (Å²) < 4.78 is 15.8. The minimum absolute atomic E-state index is 0.0220. The molecule has 1 aliphatic rings. The molecule has 1 amide bonds. The third-order valence-corrected chi connectivity index (χ3v) is 5.46. The lowest BCUT2D eigenvalue weighted by Gasteiger charge is -2.25. The van der Waals surface area contributed by atoms with Crippen molar-refractivity contribution in [3.8, 4) is 17.2 Å². The second-order valence-corrected chi connectivity index (χ2v) is 7.36. The molecule has 1 fully saturated rings. The Morgan fingerprint density at radius 3 is 2.23 bits per heavy atom. The van der Waals surface area contributed by atoms with Gasteiger partial charge in [-0.05, 0) is 30.2 Å². The molecule has 1 N–H and O–H groups in total. The molecule has 31 heavy (non-hydrogen) atoms. The molecule has 0 aromatic heterocycles. The zero-order chi connectivity index (χ0) is 22.7. The number of carbonyl (C=O) groups is 2. The highest BCUT2D eigenvalue weighted by Crippen LogP contribution is 2.43. The number of likely N-dealkylation sites (tertiary alicyclic amines) is 1. The SMILES string of the molecule is CCCN1C(=O)C(=O)/C(=C(/O)c2cc(OC)c(Cl)cc2OC)C1c1ccc(OC)cc1. The van der Waals surface area contributed by atoms with Crippen LogP contribution in [0.5, 0.6) is 17.2 Å². The number of halogens is 1. The van der Waals surface area contributed by atoms with Crippen LogP contribution in [-0.4, -0.2) is 49.6 Å². The van der Waals surface area contributed by atoms with Crippen LogP contribution in [0, 0.1) is 0 Å². The van der Waals surface area contributed by atoms with Gasteiger partial charge >= 0.3 is 0 Å². The summed E-state index contributed by atoms with van der Waals surface area (Å²) in [7, 11) is 4.42. The quantitative estimate of drug-likeness (QED) is 0.390. The number of hydrogen-bond acceptors (Lipinski definition) is 6. The first-order valence-electron chi connectivity index (χ1n) is 9.72. The maximum atomic E-state index is 13.0. The number of ether oxygens (including phenoxy) is 3. The molecule has 0 bridgehead atoms. The molecule has 3 rings (SSSR count). The minimum atomic E-state index is -0.761. The third-order valence-electron chi connectivity index (χ3n) is 5.17. The number of hydrogen-bond donors (Lipinski definition) is 1. The fourth-order valence-corrected chi connectivity index (χ4v) is 3.91. The average Bonchev–Trinajstić information content (AvgIpc) is 3.03. The summed E-state index contributed by atoms with van der Waals surface area (Å²) in [6.45, 7) is 2.27. The largest absolute Gasteiger partial charge is 0.507 e. The first kappa shape index (κ1) is 22.5. The number of aliphatic hydroxyl groups is 1. The molecule has 7 nitrogen and oxygen atoms in total. The lowest BCUT2D eigenvalue weighted by molar-refractivity contribution is -0.139. The Morgan fingerprint density at radius 1 is 1.03 bits per heavy atom. The first-order chi connectivity index (χ1) is 14.9. The number of ketones is 1. The highest BCUT2D eigenvalue weighted by Gasteiger charge is 2.46. The van der Waals surface area contributed by atoms with Crippen molar-refractivity contribution in [3.05, 3.63) is 58.1 Å². The lowest BCUT2D eigenvalue weighted by atomic mass is 9.94. The van der Waals surface area contributed by atoms with Gasteiger partial charge in [0.05, 0.1) is 43.5 Å². The van der Waals surface area contributed by atoms with E-state index in [1.165, 1.54) is 31.3 Å². The molecular formula is C23H24ClNO6. The average molecular weight is 446 g/mol. The van der Waals surface area contributed by atoms with E-state index in [0.29, 0.717) is 30.0 Å². The molecule has 0 saturated carbocycles. The molecular weight excluding hydrogens is 422 g/mol. The Morgan fingerprint density at radius 2 is 1.68 bits per heavy atom. The Labute approximate surface area is 185 Å². The standard InChI is InChI=1S/C23H24ClNO6/c1-5-10-25-20(13-6-8-14(29-2)9-7-13)19(22(27)23(25)28)21(26)15-11-18(31-4)16(24)12-17(15)30-3/h6-9,11-12,20,26H,5,10H2,1-4H3/b21-19+. The van der Waals surface area contributed by atoms with Gasteiger partial charge in [0, 0.05) is 12.6 Å². The highest BCUT2D eigenvalue weighted by atomic mass is 35.5. The number of methoxy groups -OCH3 is 3. The van der Waals surface area contributed by atoms with Crippen molar-refractivity contribution in [2.24, 2.45) is 0 Å². The predicted octanol–water partition coefficient (Wildman–Crippen LogP) is 4.20. The van der Waals surface area contributed by atoms with Gasteiger partial charge in [-0.15, -0.1) is 0 Å². The summed E-state index contributed by atoms with van der Waals surface area (Å²) >= 11 is 6.17. The Bertz CT molecular complexity index is 1030. The van der Waals surface area contributed by atoms with Gasteiger partial charge in [0.15, 0.2) is 0 Å². The Balaban J connectivity index is 2.25. The number of benzene rings is 2. The number of carbonyl (C=O) groups excluding carboxylic acids is 2. The summed E-state index contributed by atoms with van der Waals surface area (Å²) in [5, 5.41) is 11.5. The summed E-state index contributed by atoms with van der Waals surface area (Å²) in [4.78, 5) is 27.3. The second-order valence-electron chi connectivity index (χ2n) is 6.95. The number of amides is 1. The second kappa shape index (κ2) is 9.31. The maximum absolute atomic E-state index is 13.0. The van der Waals surface area contributed by atoms with Gasteiger partial charge in [-0.25, -0.2) is 0 Å². The van der Waals surface area contributed by atoms with Crippen LogP contribution in [0.3, 0.4) is 0 Å². The fraction of sp³-hybridized carbons (Fsp3) is 0.304. The van der Waals surface area contributed by atoms with Crippen LogP contribution < -0.4 is 14.2 Å². The Kier molecular flexibility index (Phi) is 6.75. The van der Waals surface area contributed by atoms with E-state index in [2.05, 4.69) is 0 Å². The third kappa shape index (κ3) is 4.05. The number of aliphatic hydroxyl groups excluding tert-OH is 1. The van der Waals surface area contributed by atoms with Crippen molar-refractivity contribution >= 4 is 29.1 Å². The molecule has 0 spiro atoms. The summed E-state index contributed by atoms with van der Waals surface area (Å²) in [6, 6.07) is 9.24.